The van der Waals surface area contributed by atoms with Gasteiger partial charge in [0, 0.05) is 19.3 Å². The maximum Gasteiger partial charge on any atom is 0.306 e. The summed E-state index contributed by atoms with van der Waals surface area (Å²) in [5.74, 6) is -0.869. The van der Waals surface area contributed by atoms with Crippen LogP contribution in [0, 0.1) is 0 Å². The molecule has 83 heavy (non-hydrogen) atoms. The zero-order valence-corrected chi connectivity index (χ0v) is 55.5. The van der Waals surface area contributed by atoms with Gasteiger partial charge in [-0.1, -0.05) is 338 Å². The molecule has 0 aliphatic heterocycles. The molecule has 0 rings (SSSR count). The molecule has 0 spiro atoms. The number of ether oxygens (including phenoxy) is 3. The molecular weight excluding hydrogens is 1020 g/mol. The second-order valence-corrected chi connectivity index (χ2v) is 24.5. The van der Waals surface area contributed by atoms with Gasteiger partial charge in [0.05, 0.1) is 0 Å². The second-order valence-electron chi connectivity index (χ2n) is 24.5. The van der Waals surface area contributed by atoms with Gasteiger partial charge in [-0.3, -0.25) is 14.4 Å². The average molecular weight is 1160 g/mol. The molecule has 0 aromatic heterocycles. The number of carbonyl (C=O) groups excluding carboxylic acids is 3. The Bertz CT molecular complexity index is 1520. The van der Waals surface area contributed by atoms with Gasteiger partial charge in [0.15, 0.2) is 6.10 Å². The third-order valence-electron chi connectivity index (χ3n) is 16.2. The minimum absolute atomic E-state index is 0.0722. The molecule has 0 aromatic rings. The Hall–Kier alpha value is -3.15. The molecule has 6 heteroatoms. The summed E-state index contributed by atoms with van der Waals surface area (Å²) in [4.78, 5) is 38.0. The van der Waals surface area contributed by atoms with Gasteiger partial charge in [-0.15, -0.1) is 0 Å². The lowest BCUT2D eigenvalue weighted by molar-refractivity contribution is -0.167. The lowest BCUT2D eigenvalue weighted by Crippen LogP contribution is -2.30. The summed E-state index contributed by atoms with van der Waals surface area (Å²) in [6.07, 6.45) is 94.2. The van der Waals surface area contributed by atoms with Gasteiger partial charge in [-0.25, -0.2) is 0 Å². The van der Waals surface area contributed by atoms with E-state index in [1.165, 1.54) is 250 Å². The predicted molar refractivity (Wildman–Crippen MR) is 362 cm³/mol. The van der Waals surface area contributed by atoms with Crippen molar-refractivity contribution in [3.63, 3.8) is 0 Å². The first-order valence-corrected chi connectivity index (χ1v) is 36.4. The molecule has 0 saturated carbocycles. The van der Waals surface area contributed by atoms with E-state index >= 15 is 0 Å². The molecule has 1 unspecified atom stereocenters. The highest BCUT2D eigenvalue weighted by atomic mass is 16.6. The summed E-state index contributed by atoms with van der Waals surface area (Å²) < 4.78 is 16.8. The Labute approximate surface area is 516 Å². The van der Waals surface area contributed by atoms with E-state index in [1.807, 2.05) is 0 Å². The van der Waals surface area contributed by atoms with Crippen LogP contribution in [0.4, 0.5) is 0 Å². The Morgan fingerprint density at radius 1 is 0.241 bits per heavy atom. The van der Waals surface area contributed by atoms with E-state index in [0.717, 1.165) is 89.9 Å². The van der Waals surface area contributed by atoms with E-state index in [1.54, 1.807) is 0 Å². The summed E-state index contributed by atoms with van der Waals surface area (Å²) in [6, 6.07) is 0. The SMILES string of the molecule is CCCCCCC/C=C\C/C=C\C/C=C\CCCCCCCCCCCCCCCCCCCCC(=O)OCC(COC(=O)CCCCCCC)OC(=O)CCCCCCCCCCCCCC/C=C\C/C=C\C/C=C\CCCCCCC. The predicted octanol–water partition coefficient (Wildman–Crippen LogP) is 25.2. The molecule has 0 bridgehead atoms. The molecular formula is C77H138O6. The van der Waals surface area contributed by atoms with Gasteiger partial charge in [-0.2, -0.15) is 0 Å². The number of hydrogen-bond donors (Lipinski definition) is 0. The Kier molecular flexibility index (Phi) is 68.6. The van der Waals surface area contributed by atoms with Crippen LogP contribution in [0.1, 0.15) is 380 Å². The quantitative estimate of drug-likeness (QED) is 0.0261. The van der Waals surface area contributed by atoms with Gasteiger partial charge in [0.25, 0.3) is 0 Å². The van der Waals surface area contributed by atoms with Crippen LogP contribution >= 0.6 is 0 Å². The van der Waals surface area contributed by atoms with Crippen molar-refractivity contribution in [2.24, 2.45) is 0 Å². The van der Waals surface area contributed by atoms with Gasteiger partial charge < -0.3 is 14.2 Å². The van der Waals surface area contributed by atoms with Crippen molar-refractivity contribution >= 4 is 17.9 Å². The minimum atomic E-state index is -0.772. The second kappa shape index (κ2) is 71.3. The molecule has 482 valence electrons. The van der Waals surface area contributed by atoms with E-state index < -0.39 is 6.10 Å². The lowest BCUT2D eigenvalue weighted by Gasteiger charge is -2.18. The smallest absolute Gasteiger partial charge is 0.306 e. The van der Waals surface area contributed by atoms with Crippen LogP contribution in [0.5, 0.6) is 0 Å². The fourth-order valence-electron chi connectivity index (χ4n) is 10.7. The molecule has 0 amide bonds. The van der Waals surface area contributed by atoms with Crippen LogP contribution in [0.3, 0.4) is 0 Å². The summed E-state index contributed by atoms with van der Waals surface area (Å²) in [5, 5.41) is 0. The Morgan fingerprint density at radius 3 is 0.675 bits per heavy atom. The van der Waals surface area contributed by atoms with E-state index in [9.17, 15) is 14.4 Å². The van der Waals surface area contributed by atoms with Crippen molar-refractivity contribution in [2.75, 3.05) is 13.2 Å². The van der Waals surface area contributed by atoms with Crippen LogP contribution < -0.4 is 0 Å². The van der Waals surface area contributed by atoms with E-state index in [4.69, 9.17) is 14.2 Å². The van der Waals surface area contributed by atoms with Gasteiger partial charge in [-0.05, 0) is 96.3 Å². The number of rotatable bonds is 67. The zero-order chi connectivity index (χ0) is 59.9. The first-order valence-electron chi connectivity index (χ1n) is 36.4. The van der Waals surface area contributed by atoms with Gasteiger partial charge in [0.2, 0.25) is 0 Å². The highest BCUT2D eigenvalue weighted by molar-refractivity contribution is 5.71. The van der Waals surface area contributed by atoms with E-state index in [2.05, 4.69) is 93.7 Å². The highest BCUT2D eigenvalue weighted by Crippen LogP contribution is 2.18. The average Bonchev–Trinajstić information content (AvgIpc) is 3.49. The number of unbranched alkanes of at least 4 members (excludes halogenated alkanes) is 44. The maximum absolute atomic E-state index is 12.9. The van der Waals surface area contributed by atoms with Gasteiger partial charge in [0.1, 0.15) is 13.2 Å². The number of esters is 3. The van der Waals surface area contributed by atoms with Crippen molar-refractivity contribution in [1.82, 2.24) is 0 Å². The molecule has 0 heterocycles. The van der Waals surface area contributed by atoms with Crippen LogP contribution in [0.15, 0.2) is 72.9 Å². The lowest BCUT2D eigenvalue weighted by atomic mass is 10.0. The standard InChI is InChI=1S/C77H138O6/c1-4-7-10-13-15-17-19-21-23-25-27-29-31-33-35-36-37-38-39-40-42-43-45-47-49-51-53-55-57-59-61-64-67-70-76(79)82-73-74(72-81-75(78)69-66-63-12-9-6-3)83-77(80)71-68-65-62-60-58-56-54-52-50-48-46-44-41-34-32-30-28-26-24-22-20-18-16-14-11-8-5-2/h19-22,25-28,31-34,74H,4-18,23-24,29-30,35-73H2,1-3H3/b21-19-,22-20-,27-25-,28-26-,33-31-,34-32-. The summed E-state index contributed by atoms with van der Waals surface area (Å²) in [6.45, 7) is 6.58. The summed E-state index contributed by atoms with van der Waals surface area (Å²) in [5.41, 5.74) is 0. The summed E-state index contributed by atoms with van der Waals surface area (Å²) in [7, 11) is 0. The van der Waals surface area contributed by atoms with Crippen LogP contribution in [-0.4, -0.2) is 37.2 Å². The minimum Gasteiger partial charge on any atom is -0.462 e. The molecule has 0 saturated heterocycles. The highest BCUT2D eigenvalue weighted by Gasteiger charge is 2.19. The largest absolute Gasteiger partial charge is 0.462 e. The normalized spacial score (nSPS) is 12.5. The topological polar surface area (TPSA) is 78.9 Å². The van der Waals surface area contributed by atoms with Crippen molar-refractivity contribution in [2.45, 2.75) is 386 Å². The van der Waals surface area contributed by atoms with E-state index in [0.29, 0.717) is 19.3 Å². The fourth-order valence-corrected chi connectivity index (χ4v) is 10.7. The fraction of sp³-hybridized carbons (Fsp3) is 0.805. The first-order chi connectivity index (χ1) is 41.0. The molecule has 6 nitrogen and oxygen atoms in total. The van der Waals surface area contributed by atoms with Crippen LogP contribution in [-0.2, 0) is 28.6 Å². The van der Waals surface area contributed by atoms with Crippen molar-refractivity contribution in [1.29, 1.82) is 0 Å². The Morgan fingerprint density at radius 2 is 0.434 bits per heavy atom. The molecule has 0 radical (unpaired) electrons. The van der Waals surface area contributed by atoms with E-state index in [-0.39, 0.29) is 31.1 Å². The van der Waals surface area contributed by atoms with Crippen molar-refractivity contribution in [3.8, 4) is 0 Å². The molecule has 0 aliphatic rings. The third-order valence-corrected chi connectivity index (χ3v) is 16.2. The number of hydrogen-bond acceptors (Lipinski definition) is 6. The van der Waals surface area contributed by atoms with Crippen molar-refractivity contribution < 1.29 is 28.6 Å². The first kappa shape index (κ1) is 79.8. The van der Waals surface area contributed by atoms with Crippen LogP contribution in [0.25, 0.3) is 0 Å². The monoisotopic (exact) mass is 1160 g/mol. The van der Waals surface area contributed by atoms with Gasteiger partial charge >= 0.3 is 17.9 Å². The number of carbonyl (C=O) groups is 3. The Balaban J connectivity index is 3.94. The molecule has 0 aliphatic carbocycles. The number of allylic oxidation sites excluding steroid dienone is 12. The molecule has 0 N–H and O–H groups in total. The van der Waals surface area contributed by atoms with Crippen molar-refractivity contribution in [3.05, 3.63) is 72.9 Å². The molecule has 0 aromatic carbocycles. The maximum atomic E-state index is 12.9. The third kappa shape index (κ3) is 69.5. The molecule has 1 atom stereocenters. The summed E-state index contributed by atoms with van der Waals surface area (Å²) >= 11 is 0. The molecule has 0 fully saturated rings. The zero-order valence-electron chi connectivity index (χ0n) is 55.5. The van der Waals surface area contributed by atoms with Crippen LogP contribution in [0.2, 0.25) is 0 Å².